The first-order valence-corrected chi connectivity index (χ1v) is 9.66. The molecule has 2 aromatic rings. The Morgan fingerprint density at radius 1 is 1.00 bits per heavy atom. The van der Waals surface area contributed by atoms with Crippen molar-refractivity contribution in [3.8, 4) is 0 Å². The summed E-state index contributed by atoms with van der Waals surface area (Å²) in [5, 5.41) is 2.83. The summed E-state index contributed by atoms with van der Waals surface area (Å²) in [6, 6.07) is 13.9. The van der Waals surface area contributed by atoms with Crippen molar-refractivity contribution in [2.45, 2.75) is 24.3 Å². The molecular weight excluding hydrogens is 378 g/mol. The minimum absolute atomic E-state index is 0.121. The molecule has 1 saturated heterocycles. The molecule has 1 fully saturated rings. The van der Waals surface area contributed by atoms with Gasteiger partial charge in [0.25, 0.3) is 5.91 Å². The Morgan fingerprint density at radius 2 is 1.64 bits per heavy atom. The first kappa shape index (κ1) is 19.6. The highest BCUT2D eigenvalue weighted by atomic mass is 32.2. The third kappa shape index (κ3) is 4.77. The second kappa shape index (κ2) is 8.71. The molecule has 3 rings (SSSR count). The van der Waals surface area contributed by atoms with Crippen LogP contribution in [0.4, 0.5) is 5.69 Å². The number of hydrogen-bond donors (Lipinski definition) is 2. The van der Waals surface area contributed by atoms with Crippen LogP contribution in [0.15, 0.2) is 53.4 Å². The molecule has 2 aromatic carbocycles. The van der Waals surface area contributed by atoms with E-state index in [1.165, 1.54) is 16.7 Å². The van der Waals surface area contributed by atoms with Crippen LogP contribution in [0.1, 0.15) is 28.8 Å². The van der Waals surface area contributed by atoms with Gasteiger partial charge in [-0.05, 0) is 29.8 Å². The summed E-state index contributed by atoms with van der Waals surface area (Å²) in [5.41, 5.74) is 6.99. The maximum Gasteiger partial charge on any atom is 0.255 e. The van der Waals surface area contributed by atoms with Crippen LogP contribution < -0.4 is 11.1 Å². The zero-order valence-corrected chi connectivity index (χ0v) is 15.8. The number of hydrogen-bond acceptors (Lipinski definition) is 5. The van der Waals surface area contributed by atoms with E-state index in [0.29, 0.717) is 11.3 Å². The number of nitrogens with two attached hydrogens (primary N) is 1. The smallest absolute Gasteiger partial charge is 0.255 e. The number of imide groups is 1. The van der Waals surface area contributed by atoms with E-state index in [-0.39, 0.29) is 42.9 Å². The van der Waals surface area contributed by atoms with E-state index in [9.17, 15) is 19.2 Å². The van der Waals surface area contributed by atoms with Gasteiger partial charge in [0.15, 0.2) is 0 Å². The Balaban J connectivity index is 1.66. The molecule has 0 unspecified atom stereocenters. The molecule has 8 heteroatoms. The third-order valence-electron chi connectivity index (χ3n) is 4.22. The number of para-hydroxylation sites is 1. The molecule has 28 heavy (non-hydrogen) atoms. The van der Waals surface area contributed by atoms with E-state index in [0.717, 1.165) is 10.5 Å². The van der Waals surface area contributed by atoms with Crippen LogP contribution in [0.25, 0.3) is 0 Å². The van der Waals surface area contributed by atoms with Crippen molar-refractivity contribution in [2.24, 2.45) is 5.73 Å². The number of carbonyl (C=O) groups excluding carboxylic acids is 4. The van der Waals surface area contributed by atoms with Gasteiger partial charge in [0.05, 0.1) is 18.0 Å². The van der Waals surface area contributed by atoms with E-state index in [2.05, 4.69) is 5.32 Å². The molecule has 1 aliphatic rings. The molecule has 0 aliphatic carbocycles. The molecular formula is C20H19N3O4S. The number of primary amides is 1. The number of amides is 4. The minimum Gasteiger partial charge on any atom is -0.369 e. The van der Waals surface area contributed by atoms with Gasteiger partial charge >= 0.3 is 0 Å². The lowest BCUT2D eigenvalue weighted by atomic mass is 10.1. The van der Waals surface area contributed by atoms with Crippen LogP contribution in [0, 0.1) is 0 Å². The summed E-state index contributed by atoms with van der Waals surface area (Å²) in [5.74, 6) is -0.951. The van der Waals surface area contributed by atoms with E-state index in [4.69, 9.17) is 5.73 Å². The Morgan fingerprint density at radius 3 is 2.29 bits per heavy atom. The Kier molecular flexibility index (Phi) is 6.10. The molecule has 1 heterocycles. The SMILES string of the molecule is NC(=O)CSc1ccccc1NC(=O)c1ccc(CN2C(=O)CCC2=O)cc1. The molecule has 0 atom stereocenters. The van der Waals surface area contributed by atoms with E-state index in [1.54, 1.807) is 42.5 Å². The highest BCUT2D eigenvalue weighted by molar-refractivity contribution is 8.00. The molecule has 0 saturated carbocycles. The standard InChI is InChI=1S/C20H19N3O4S/c21-17(24)12-28-16-4-2-1-3-15(16)22-20(27)14-7-5-13(6-8-14)11-23-18(25)9-10-19(23)26/h1-8H,9-12H2,(H2,21,24)(H,22,27). The van der Waals surface area contributed by atoms with Gasteiger partial charge in [-0.25, -0.2) is 0 Å². The van der Waals surface area contributed by atoms with Crippen LogP contribution in [-0.2, 0) is 20.9 Å². The summed E-state index contributed by atoms with van der Waals surface area (Å²) in [7, 11) is 0. The number of nitrogens with zero attached hydrogens (tertiary/aromatic N) is 1. The van der Waals surface area contributed by atoms with Crippen LogP contribution in [0.5, 0.6) is 0 Å². The van der Waals surface area contributed by atoms with Gasteiger partial charge in [-0.1, -0.05) is 24.3 Å². The molecule has 0 radical (unpaired) electrons. The number of anilines is 1. The molecule has 0 spiro atoms. The topological polar surface area (TPSA) is 110 Å². The Hall–Kier alpha value is -3.13. The number of rotatable bonds is 7. The monoisotopic (exact) mass is 397 g/mol. The number of benzene rings is 2. The highest BCUT2D eigenvalue weighted by Crippen LogP contribution is 2.27. The summed E-state index contributed by atoms with van der Waals surface area (Å²) in [6.07, 6.45) is 0.513. The van der Waals surface area contributed by atoms with E-state index in [1.807, 2.05) is 6.07 Å². The fourth-order valence-corrected chi connectivity index (χ4v) is 3.53. The summed E-state index contributed by atoms with van der Waals surface area (Å²) >= 11 is 1.25. The fourth-order valence-electron chi connectivity index (χ4n) is 2.78. The normalized spacial score (nSPS) is 13.6. The maximum atomic E-state index is 12.5. The minimum atomic E-state index is -0.434. The van der Waals surface area contributed by atoms with Gasteiger partial charge in [0, 0.05) is 23.3 Å². The van der Waals surface area contributed by atoms with Crippen LogP contribution in [-0.4, -0.2) is 34.3 Å². The summed E-state index contributed by atoms with van der Waals surface area (Å²) < 4.78 is 0. The maximum absolute atomic E-state index is 12.5. The molecule has 0 bridgehead atoms. The zero-order valence-electron chi connectivity index (χ0n) is 15.0. The number of likely N-dealkylation sites (tertiary alicyclic amines) is 1. The Bertz CT molecular complexity index is 911. The molecule has 0 aromatic heterocycles. The van der Waals surface area contributed by atoms with Gasteiger partial charge in [0.1, 0.15) is 0 Å². The van der Waals surface area contributed by atoms with Crippen molar-refractivity contribution in [1.82, 2.24) is 4.90 Å². The second-order valence-electron chi connectivity index (χ2n) is 6.28. The quantitative estimate of drug-likeness (QED) is 0.550. The summed E-state index contributed by atoms with van der Waals surface area (Å²) in [6.45, 7) is 0.214. The number of carbonyl (C=O) groups is 4. The van der Waals surface area contributed by atoms with Crippen LogP contribution in [0.3, 0.4) is 0 Å². The van der Waals surface area contributed by atoms with Gasteiger partial charge in [-0.2, -0.15) is 0 Å². The molecule has 4 amide bonds. The van der Waals surface area contributed by atoms with Gasteiger partial charge in [-0.15, -0.1) is 11.8 Å². The molecule has 1 aliphatic heterocycles. The fraction of sp³-hybridized carbons (Fsp3) is 0.200. The van der Waals surface area contributed by atoms with Gasteiger partial charge in [0.2, 0.25) is 17.7 Å². The van der Waals surface area contributed by atoms with Crippen molar-refractivity contribution in [3.63, 3.8) is 0 Å². The zero-order chi connectivity index (χ0) is 20.1. The molecule has 7 nitrogen and oxygen atoms in total. The Labute approximate surface area is 166 Å². The summed E-state index contributed by atoms with van der Waals surface area (Å²) in [4.78, 5) is 48.9. The average molecular weight is 397 g/mol. The lowest BCUT2D eigenvalue weighted by Gasteiger charge is -2.14. The van der Waals surface area contributed by atoms with Crippen LogP contribution in [0.2, 0.25) is 0 Å². The lowest BCUT2D eigenvalue weighted by Crippen LogP contribution is -2.28. The predicted octanol–water partition coefficient (Wildman–Crippen LogP) is 2.17. The first-order chi connectivity index (χ1) is 13.4. The molecule has 3 N–H and O–H groups in total. The molecule has 144 valence electrons. The van der Waals surface area contributed by atoms with Gasteiger partial charge < -0.3 is 11.1 Å². The average Bonchev–Trinajstić information content (AvgIpc) is 3.00. The van der Waals surface area contributed by atoms with Crippen LogP contribution >= 0.6 is 11.8 Å². The second-order valence-corrected chi connectivity index (χ2v) is 7.29. The van der Waals surface area contributed by atoms with Crippen molar-refractivity contribution in [1.29, 1.82) is 0 Å². The van der Waals surface area contributed by atoms with E-state index >= 15 is 0 Å². The highest BCUT2D eigenvalue weighted by Gasteiger charge is 2.28. The third-order valence-corrected chi connectivity index (χ3v) is 5.31. The number of thioether (sulfide) groups is 1. The van der Waals surface area contributed by atoms with E-state index < -0.39 is 5.91 Å². The first-order valence-electron chi connectivity index (χ1n) is 8.67. The van der Waals surface area contributed by atoms with Crippen molar-refractivity contribution < 1.29 is 19.2 Å². The predicted molar refractivity (Wildman–Crippen MR) is 106 cm³/mol. The van der Waals surface area contributed by atoms with Crippen molar-refractivity contribution in [3.05, 3.63) is 59.7 Å². The van der Waals surface area contributed by atoms with Crippen molar-refractivity contribution in [2.75, 3.05) is 11.1 Å². The van der Waals surface area contributed by atoms with Gasteiger partial charge in [-0.3, -0.25) is 24.1 Å². The largest absolute Gasteiger partial charge is 0.369 e. The van der Waals surface area contributed by atoms with Crippen molar-refractivity contribution >= 4 is 41.1 Å². The number of nitrogens with one attached hydrogen (secondary N) is 1. The lowest BCUT2D eigenvalue weighted by molar-refractivity contribution is -0.139.